The molecule has 0 aliphatic heterocycles. The van der Waals surface area contributed by atoms with Crippen molar-refractivity contribution in [3.8, 4) is 0 Å². The fraction of sp³-hybridized carbons (Fsp3) is 1.00. The summed E-state index contributed by atoms with van der Waals surface area (Å²) in [5.41, 5.74) is 0.699. The fourth-order valence-corrected chi connectivity index (χ4v) is 3.90. The lowest BCUT2D eigenvalue weighted by Gasteiger charge is -2.42. The minimum Gasteiger partial charge on any atom is -0.316 e. The SMILES string of the molecule is CCNCC1(C2CCCC2)CCCCC1. The van der Waals surface area contributed by atoms with Crippen LogP contribution in [0, 0.1) is 11.3 Å². The smallest absolute Gasteiger partial charge is 0.00103 e. The first kappa shape index (κ1) is 11.4. The van der Waals surface area contributed by atoms with Gasteiger partial charge >= 0.3 is 0 Å². The van der Waals surface area contributed by atoms with E-state index in [0.717, 1.165) is 12.5 Å². The maximum absolute atomic E-state index is 3.64. The highest BCUT2D eigenvalue weighted by Gasteiger charge is 2.40. The van der Waals surface area contributed by atoms with E-state index in [1.807, 2.05) is 0 Å². The van der Waals surface area contributed by atoms with Crippen molar-refractivity contribution in [2.45, 2.75) is 64.7 Å². The monoisotopic (exact) mass is 209 g/mol. The molecule has 0 saturated heterocycles. The van der Waals surface area contributed by atoms with Crippen molar-refractivity contribution in [1.82, 2.24) is 5.32 Å². The van der Waals surface area contributed by atoms with Crippen molar-refractivity contribution in [3.05, 3.63) is 0 Å². The molecule has 0 aromatic heterocycles. The molecule has 1 heteroatoms. The van der Waals surface area contributed by atoms with Crippen LogP contribution in [0.5, 0.6) is 0 Å². The molecule has 15 heavy (non-hydrogen) atoms. The standard InChI is InChI=1S/C14H27N/c1-2-15-12-14(10-6-3-7-11-14)13-8-4-5-9-13/h13,15H,2-12H2,1H3. The van der Waals surface area contributed by atoms with Crippen molar-refractivity contribution in [2.24, 2.45) is 11.3 Å². The van der Waals surface area contributed by atoms with E-state index in [1.165, 1.54) is 64.3 Å². The van der Waals surface area contributed by atoms with Gasteiger partial charge in [-0.25, -0.2) is 0 Å². The van der Waals surface area contributed by atoms with Gasteiger partial charge in [-0.1, -0.05) is 39.0 Å². The van der Waals surface area contributed by atoms with Crippen molar-refractivity contribution < 1.29 is 0 Å². The number of hydrogen-bond donors (Lipinski definition) is 1. The van der Waals surface area contributed by atoms with Crippen LogP contribution in [0.2, 0.25) is 0 Å². The van der Waals surface area contributed by atoms with Gasteiger partial charge in [-0.05, 0) is 43.6 Å². The average Bonchev–Trinajstić information content (AvgIpc) is 2.82. The van der Waals surface area contributed by atoms with E-state index >= 15 is 0 Å². The van der Waals surface area contributed by atoms with Crippen LogP contribution in [0.25, 0.3) is 0 Å². The Morgan fingerprint density at radius 3 is 2.27 bits per heavy atom. The topological polar surface area (TPSA) is 12.0 Å². The summed E-state index contributed by atoms with van der Waals surface area (Å²) in [5.74, 6) is 1.05. The second-order valence-electron chi connectivity index (χ2n) is 5.68. The van der Waals surface area contributed by atoms with Crippen LogP contribution in [-0.4, -0.2) is 13.1 Å². The molecule has 0 spiro atoms. The quantitative estimate of drug-likeness (QED) is 0.744. The van der Waals surface area contributed by atoms with Crippen molar-refractivity contribution >= 4 is 0 Å². The van der Waals surface area contributed by atoms with E-state index in [0.29, 0.717) is 5.41 Å². The molecule has 0 atom stereocenters. The van der Waals surface area contributed by atoms with E-state index in [4.69, 9.17) is 0 Å². The van der Waals surface area contributed by atoms with E-state index in [2.05, 4.69) is 12.2 Å². The van der Waals surface area contributed by atoms with Gasteiger partial charge in [0, 0.05) is 6.54 Å². The summed E-state index contributed by atoms with van der Waals surface area (Å²) in [6.45, 7) is 4.69. The molecule has 2 fully saturated rings. The molecule has 0 heterocycles. The van der Waals surface area contributed by atoms with E-state index in [9.17, 15) is 0 Å². The number of rotatable bonds is 4. The third-order valence-corrected chi connectivity index (χ3v) is 4.80. The molecular formula is C14H27N. The zero-order valence-electron chi connectivity index (χ0n) is 10.4. The van der Waals surface area contributed by atoms with Crippen LogP contribution >= 0.6 is 0 Å². The van der Waals surface area contributed by atoms with Gasteiger partial charge in [0.1, 0.15) is 0 Å². The molecule has 0 bridgehead atoms. The Bertz CT molecular complexity index is 176. The molecular weight excluding hydrogens is 182 g/mol. The van der Waals surface area contributed by atoms with Crippen molar-refractivity contribution in [3.63, 3.8) is 0 Å². The molecule has 2 rings (SSSR count). The highest BCUT2D eigenvalue weighted by atomic mass is 14.9. The summed E-state index contributed by atoms with van der Waals surface area (Å²) in [7, 11) is 0. The van der Waals surface area contributed by atoms with Crippen LogP contribution in [0.1, 0.15) is 64.7 Å². The first-order chi connectivity index (χ1) is 7.37. The first-order valence-electron chi connectivity index (χ1n) is 7.08. The molecule has 0 amide bonds. The second kappa shape index (κ2) is 5.34. The molecule has 1 nitrogen and oxygen atoms in total. The predicted octanol–water partition coefficient (Wildman–Crippen LogP) is 3.74. The average molecular weight is 209 g/mol. The maximum atomic E-state index is 3.64. The van der Waals surface area contributed by atoms with E-state index in [-0.39, 0.29) is 0 Å². The van der Waals surface area contributed by atoms with Crippen LogP contribution < -0.4 is 5.32 Å². The van der Waals surface area contributed by atoms with Gasteiger partial charge in [-0.3, -0.25) is 0 Å². The Hall–Kier alpha value is -0.0400. The lowest BCUT2D eigenvalue weighted by atomic mass is 9.65. The Labute approximate surface area is 95.0 Å². The lowest BCUT2D eigenvalue weighted by Crippen LogP contribution is -2.41. The van der Waals surface area contributed by atoms with Gasteiger partial charge in [0.05, 0.1) is 0 Å². The summed E-state index contributed by atoms with van der Waals surface area (Å²) >= 11 is 0. The highest BCUT2D eigenvalue weighted by molar-refractivity contribution is 4.92. The van der Waals surface area contributed by atoms with Gasteiger partial charge in [-0.2, -0.15) is 0 Å². The predicted molar refractivity (Wildman–Crippen MR) is 66.0 cm³/mol. The van der Waals surface area contributed by atoms with Crippen LogP contribution in [0.4, 0.5) is 0 Å². The third kappa shape index (κ3) is 2.55. The Kier molecular flexibility index (Phi) is 4.07. The van der Waals surface area contributed by atoms with Crippen LogP contribution in [0.3, 0.4) is 0 Å². The van der Waals surface area contributed by atoms with Gasteiger partial charge in [0.25, 0.3) is 0 Å². The molecule has 2 saturated carbocycles. The van der Waals surface area contributed by atoms with Gasteiger partial charge in [0.2, 0.25) is 0 Å². The second-order valence-corrected chi connectivity index (χ2v) is 5.68. The Morgan fingerprint density at radius 2 is 1.67 bits per heavy atom. The summed E-state index contributed by atoms with van der Waals surface area (Å²) < 4.78 is 0. The molecule has 0 unspecified atom stereocenters. The molecule has 2 aliphatic rings. The zero-order chi connectivity index (χ0) is 10.6. The van der Waals surface area contributed by atoms with Gasteiger partial charge < -0.3 is 5.32 Å². The fourth-order valence-electron chi connectivity index (χ4n) is 3.90. The minimum atomic E-state index is 0.699. The Morgan fingerprint density at radius 1 is 1.00 bits per heavy atom. The van der Waals surface area contributed by atoms with Crippen molar-refractivity contribution in [1.29, 1.82) is 0 Å². The largest absolute Gasteiger partial charge is 0.316 e. The van der Waals surface area contributed by atoms with Crippen LogP contribution in [-0.2, 0) is 0 Å². The van der Waals surface area contributed by atoms with E-state index in [1.54, 1.807) is 0 Å². The number of hydrogen-bond acceptors (Lipinski definition) is 1. The molecule has 1 N–H and O–H groups in total. The third-order valence-electron chi connectivity index (χ3n) is 4.80. The van der Waals surface area contributed by atoms with Crippen LogP contribution in [0.15, 0.2) is 0 Å². The van der Waals surface area contributed by atoms with E-state index < -0.39 is 0 Å². The normalized spacial score (nSPS) is 27.0. The number of nitrogens with one attached hydrogen (secondary N) is 1. The first-order valence-corrected chi connectivity index (χ1v) is 7.08. The Balaban J connectivity index is 1.98. The summed E-state index contributed by atoms with van der Waals surface area (Å²) in [6.07, 6.45) is 13.5. The summed E-state index contributed by atoms with van der Waals surface area (Å²) in [4.78, 5) is 0. The molecule has 88 valence electrons. The summed E-state index contributed by atoms with van der Waals surface area (Å²) in [6, 6.07) is 0. The van der Waals surface area contributed by atoms with Gasteiger partial charge in [-0.15, -0.1) is 0 Å². The summed E-state index contributed by atoms with van der Waals surface area (Å²) in [5, 5.41) is 3.64. The molecule has 0 aromatic carbocycles. The van der Waals surface area contributed by atoms with Crippen molar-refractivity contribution in [2.75, 3.05) is 13.1 Å². The highest BCUT2D eigenvalue weighted by Crippen LogP contribution is 2.48. The minimum absolute atomic E-state index is 0.699. The zero-order valence-corrected chi connectivity index (χ0v) is 10.4. The van der Waals surface area contributed by atoms with Gasteiger partial charge in [0.15, 0.2) is 0 Å². The molecule has 0 radical (unpaired) electrons. The molecule has 2 aliphatic carbocycles. The molecule has 0 aromatic rings. The lowest BCUT2D eigenvalue weighted by molar-refractivity contribution is 0.0975. The maximum Gasteiger partial charge on any atom is 0.00103 e.